The van der Waals surface area contributed by atoms with Crippen molar-refractivity contribution >= 4 is 5.91 Å². The van der Waals surface area contributed by atoms with Gasteiger partial charge in [0.25, 0.3) is 5.91 Å². The summed E-state index contributed by atoms with van der Waals surface area (Å²) in [6.45, 7) is 1.95. The molecule has 2 N–H and O–H groups in total. The van der Waals surface area contributed by atoms with Gasteiger partial charge in [-0.25, -0.2) is 4.98 Å². The molecule has 1 fully saturated rings. The molecule has 0 unspecified atom stereocenters. The fourth-order valence-corrected chi connectivity index (χ4v) is 2.35. The molecule has 0 spiro atoms. The van der Waals surface area contributed by atoms with Gasteiger partial charge in [-0.05, 0) is 31.9 Å². The van der Waals surface area contributed by atoms with Crippen molar-refractivity contribution < 1.29 is 9.90 Å². The average Bonchev–Trinajstić information content (AvgIpc) is 2.83. The van der Waals surface area contributed by atoms with Crippen LogP contribution in [-0.4, -0.2) is 28.1 Å². The van der Waals surface area contributed by atoms with Crippen LogP contribution < -0.4 is 5.32 Å². The van der Waals surface area contributed by atoms with Crippen molar-refractivity contribution in [3.8, 4) is 6.07 Å². The Morgan fingerprint density at radius 2 is 2.21 bits per heavy atom. The third kappa shape index (κ3) is 3.09. The number of pyridine rings is 1. The molecule has 2 rings (SSSR count). The lowest BCUT2D eigenvalue weighted by Gasteiger charge is -2.22. The molecule has 1 aliphatic carbocycles. The van der Waals surface area contributed by atoms with E-state index in [0.717, 1.165) is 25.7 Å². The molecule has 1 aromatic rings. The van der Waals surface area contributed by atoms with Crippen molar-refractivity contribution in [2.75, 3.05) is 6.54 Å². The van der Waals surface area contributed by atoms with Crippen molar-refractivity contribution in [1.82, 2.24) is 10.3 Å². The molecule has 0 saturated heterocycles. The Labute approximate surface area is 112 Å². The van der Waals surface area contributed by atoms with Crippen LogP contribution in [0.25, 0.3) is 0 Å². The fourth-order valence-electron chi connectivity index (χ4n) is 2.35. The largest absolute Gasteiger partial charge is 0.388 e. The Morgan fingerprint density at radius 3 is 2.79 bits per heavy atom. The van der Waals surface area contributed by atoms with E-state index in [-0.39, 0.29) is 18.1 Å². The van der Waals surface area contributed by atoms with E-state index in [1.165, 1.54) is 6.07 Å². The van der Waals surface area contributed by atoms with Gasteiger partial charge in [0, 0.05) is 6.54 Å². The minimum Gasteiger partial charge on any atom is -0.388 e. The zero-order chi connectivity index (χ0) is 13.9. The molecule has 100 valence electrons. The molecule has 1 heterocycles. The Kier molecular flexibility index (Phi) is 3.82. The van der Waals surface area contributed by atoms with Crippen LogP contribution >= 0.6 is 0 Å². The zero-order valence-corrected chi connectivity index (χ0v) is 10.9. The highest BCUT2D eigenvalue weighted by Crippen LogP contribution is 2.28. The number of carbonyl (C=O) groups excluding carboxylic acids is 1. The maximum absolute atomic E-state index is 11.9. The fraction of sp³-hybridized carbons (Fsp3) is 0.500. The van der Waals surface area contributed by atoms with Gasteiger partial charge in [0.15, 0.2) is 0 Å². The van der Waals surface area contributed by atoms with Gasteiger partial charge in [0.05, 0.1) is 16.9 Å². The first-order valence-electron chi connectivity index (χ1n) is 6.42. The molecular weight excluding hydrogens is 242 g/mol. The van der Waals surface area contributed by atoms with Crippen LogP contribution in [0, 0.1) is 18.3 Å². The minimum absolute atomic E-state index is 0.257. The van der Waals surface area contributed by atoms with Crippen molar-refractivity contribution in [2.45, 2.75) is 38.2 Å². The van der Waals surface area contributed by atoms with Crippen molar-refractivity contribution in [1.29, 1.82) is 5.26 Å². The monoisotopic (exact) mass is 259 g/mol. The van der Waals surface area contributed by atoms with Crippen molar-refractivity contribution in [3.05, 3.63) is 29.1 Å². The first-order chi connectivity index (χ1) is 9.04. The zero-order valence-electron chi connectivity index (χ0n) is 10.9. The predicted molar refractivity (Wildman–Crippen MR) is 69.4 cm³/mol. The second-order valence-electron chi connectivity index (χ2n) is 5.06. The summed E-state index contributed by atoms with van der Waals surface area (Å²) in [7, 11) is 0. The van der Waals surface area contributed by atoms with Gasteiger partial charge in [0.2, 0.25) is 0 Å². The number of amides is 1. The van der Waals surface area contributed by atoms with E-state index in [1.807, 2.05) is 6.07 Å². The van der Waals surface area contributed by atoms with Gasteiger partial charge in [0.1, 0.15) is 11.8 Å². The normalized spacial score (nSPS) is 16.9. The molecule has 0 aromatic carbocycles. The van der Waals surface area contributed by atoms with E-state index in [0.29, 0.717) is 11.3 Å². The lowest BCUT2D eigenvalue weighted by molar-refractivity contribution is 0.0448. The standard InChI is InChI=1S/C14H17N3O2/c1-10-11(8-15)4-5-12(17-10)13(18)16-9-14(19)6-2-3-7-14/h4-5,19H,2-3,6-7,9H2,1H3,(H,16,18). The smallest absolute Gasteiger partial charge is 0.269 e. The Morgan fingerprint density at radius 1 is 1.53 bits per heavy atom. The molecule has 19 heavy (non-hydrogen) atoms. The summed E-state index contributed by atoms with van der Waals surface area (Å²) in [5.41, 5.74) is 0.510. The summed E-state index contributed by atoms with van der Waals surface area (Å²) < 4.78 is 0. The lowest BCUT2D eigenvalue weighted by atomic mass is 10.0. The average molecular weight is 259 g/mol. The highest BCUT2D eigenvalue weighted by Gasteiger charge is 2.31. The van der Waals surface area contributed by atoms with E-state index < -0.39 is 5.60 Å². The number of nitrogens with one attached hydrogen (secondary N) is 1. The summed E-state index contributed by atoms with van der Waals surface area (Å²) >= 11 is 0. The van der Waals surface area contributed by atoms with Crippen LogP contribution in [0.15, 0.2) is 12.1 Å². The third-order valence-corrected chi connectivity index (χ3v) is 3.55. The van der Waals surface area contributed by atoms with Gasteiger partial charge in [-0.2, -0.15) is 5.26 Å². The molecular formula is C14H17N3O2. The van der Waals surface area contributed by atoms with Crippen LogP contribution in [0.5, 0.6) is 0 Å². The molecule has 1 aromatic heterocycles. The molecule has 0 radical (unpaired) electrons. The maximum Gasteiger partial charge on any atom is 0.269 e. The summed E-state index contributed by atoms with van der Waals surface area (Å²) in [6, 6.07) is 5.12. The summed E-state index contributed by atoms with van der Waals surface area (Å²) in [4.78, 5) is 16.0. The first kappa shape index (κ1) is 13.5. The number of carbonyl (C=O) groups is 1. The topological polar surface area (TPSA) is 86.0 Å². The minimum atomic E-state index is -0.767. The predicted octanol–water partition coefficient (Wildman–Crippen LogP) is 1.30. The highest BCUT2D eigenvalue weighted by molar-refractivity contribution is 5.92. The van der Waals surface area contributed by atoms with Gasteiger partial charge >= 0.3 is 0 Å². The SMILES string of the molecule is Cc1nc(C(=O)NCC2(O)CCCC2)ccc1C#N. The molecule has 0 aliphatic heterocycles. The maximum atomic E-state index is 11.9. The second kappa shape index (κ2) is 5.37. The molecule has 1 aliphatic rings. The van der Waals surface area contributed by atoms with Gasteiger partial charge in [-0.3, -0.25) is 4.79 Å². The quantitative estimate of drug-likeness (QED) is 0.856. The van der Waals surface area contributed by atoms with E-state index >= 15 is 0 Å². The molecule has 0 bridgehead atoms. The van der Waals surface area contributed by atoms with Crippen LogP contribution in [-0.2, 0) is 0 Å². The first-order valence-corrected chi connectivity index (χ1v) is 6.42. The number of nitriles is 1. The number of aryl methyl sites for hydroxylation is 1. The highest BCUT2D eigenvalue weighted by atomic mass is 16.3. The Balaban J connectivity index is 2.00. The third-order valence-electron chi connectivity index (χ3n) is 3.55. The van der Waals surface area contributed by atoms with Gasteiger partial charge < -0.3 is 10.4 Å². The van der Waals surface area contributed by atoms with E-state index in [9.17, 15) is 9.90 Å². The molecule has 5 nitrogen and oxygen atoms in total. The number of rotatable bonds is 3. The molecule has 5 heteroatoms. The van der Waals surface area contributed by atoms with Crippen molar-refractivity contribution in [3.63, 3.8) is 0 Å². The van der Waals surface area contributed by atoms with E-state index in [4.69, 9.17) is 5.26 Å². The second-order valence-corrected chi connectivity index (χ2v) is 5.06. The lowest BCUT2D eigenvalue weighted by Crippen LogP contribution is -2.41. The van der Waals surface area contributed by atoms with Gasteiger partial charge in [-0.1, -0.05) is 12.8 Å². The Bertz CT molecular complexity index is 528. The Hall–Kier alpha value is -1.93. The number of aliphatic hydroxyl groups is 1. The summed E-state index contributed by atoms with van der Waals surface area (Å²) in [5, 5.41) is 21.7. The van der Waals surface area contributed by atoms with Crippen LogP contribution in [0.3, 0.4) is 0 Å². The van der Waals surface area contributed by atoms with E-state index in [2.05, 4.69) is 10.3 Å². The van der Waals surface area contributed by atoms with Crippen LogP contribution in [0.1, 0.15) is 47.4 Å². The number of hydrogen-bond donors (Lipinski definition) is 2. The summed E-state index contributed by atoms with van der Waals surface area (Å²) in [6.07, 6.45) is 3.46. The van der Waals surface area contributed by atoms with Crippen LogP contribution in [0.2, 0.25) is 0 Å². The molecule has 1 amide bonds. The molecule has 0 atom stereocenters. The molecule has 1 saturated carbocycles. The van der Waals surface area contributed by atoms with E-state index in [1.54, 1.807) is 13.0 Å². The van der Waals surface area contributed by atoms with Gasteiger partial charge in [-0.15, -0.1) is 0 Å². The number of aromatic nitrogens is 1. The number of hydrogen-bond acceptors (Lipinski definition) is 4. The number of nitrogens with zero attached hydrogens (tertiary/aromatic N) is 2. The summed E-state index contributed by atoms with van der Waals surface area (Å²) in [5.74, 6) is -0.312. The van der Waals surface area contributed by atoms with Crippen molar-refractivity contribution in [2.24, 2.45) is 0 Å². The van der Waals surface area contributed by atoms with Crippen LogP contribution in [0.4, 0.5) is 0 Å².